The maximum absolute atomic E-state index is 13.0. The Morgan fingerprint density at radius 1 is 1.11 bits per heavy atom. The molecule has 5 heteroatoms. The van der Waals surface area contributed by atoms with E-state index in [1.54, 1.807) is 6.07 Å². The lowest BCUT2D eigenvalue weighted by molar-refractivity contribution is -0.138. The third kappa shape index (κ3) is 3.07. The zero-order valence-electron chi connectivity index (χ0n) is 10.5. The first-order chi connectivity index (χ1) is 9.04. The smallest absolute Gasteiger partial charge is 0.284 e. The zero-order chi connectivity index (χ0) is 13.9. The average molecular weight is 268 g/mol. The molecule has 0 amide bonds. The van der Waals surface area contributed by atoms with Gasteiger partial charge in [0.05, 0.1) is 11.6 Å². The van der Waals surface area contributed by atoms with Crippen LogP contribution < -0.4 is 0 Å². The summed E-state index contributed by atoms with van der Waals surface area (Å²) in [5.41, 5.74) is -0.633. The van der Waals surface area contributed by atoms with E-state index >= 15 is 0 Å². The lowest BCUT2D eigenvalue weighted by Gasteiger charge is -2.31. The Morgan fingerprint density at radius 3 is 2.32 bits per heavy atom. The first-order valence-corrected chi connectivity index (χ1v) is 6.34. The molecule has 2 rings (SSSR count). The molecule has 1 aliphatic rings. The average Bonchev–Trinajstić information content (AvgIpc) is 2.40. The molecule has 1 unspecified atom stereocenters. The number of likely N-dealkylation sites (tertiary alicyclic amines) is 1. The Labute approximate surface area is 110 Å². The summed E-state index contributed by atoms with van der Waals surface area (Å²) in [5.74, 6) is 0. The summed E-state index contributed by atoms with van der Waals surface area (Å²) in [5, 5.41) is 9.26. The highest BCUT2D eigenvalue weighted by Crippen LogP contribution is 2.36. The van der Waals surface area contributed by atoms with E-state index in [1.165, 1.54) is 12.1 Å². The van der Waals surface area contributed by atoms with E-state index < -0.39 is 17.8 Å². The molecule has 0 radical (unpaired) electrons. The molecule has 1 saturated heterocycles. The van der Waals surface area contributed by atoms with E-state index in [1.807, 2.05) is 11.0 Å². The molecule has 0 N–H and O–H groups in total. The van der Waals surface area contributed by atoms with Crippen molar-refractivity contribution in [1.29, 1.82) is 5.26 Å². The fourth-order valence-electron chi connectivity index (χ4n) is 2.52. The van der Waals surface area contributed by atoms with Gasteiger partial charge in [0.1, 0.15) is 6.04 Å². The third-order valence-corrected chi connectivity index (χ3v) is 3.44. The molecule has 1 aromatic carbocycles. The van der Waals surface area contributed by atoms with Gasteiger partial charge in [-0.15, -0.1) is 0 Å². The van der Waals surface area contributed by atoms with Gasteiger partial charge in [0, 0.05) is 0 Å². The topological polar surface area (TPSA) is 27.0 Å². The van der Waals surface area contributed by atoms with Crippen molar-refractivity contribution < 1.29 is 13.2 Å². The van der Waals surface area contributed by atoms with Crippen LogP contribution in [-0.4, -0.2) is 18.0 Å². The summed E-state index contributed by atoms with van der Waals surface area (Å²) in [6.07, 6.45) is -1.46. The standard InChI is InChI=1S/C14H15F3N2/c15-14(16,17)12-7-3-2-6-11(12)13(10-18)19-8-4-1-5-9-19/h2-3,6-7,13H,1,4-5,8-9H2. The van der Waals surface area contributed by atoms with Crippen LogP contribution in [0.3, 0.4) is 0 Å². The predicted molar refractivity (Wildman–Crippen MR) is 65.2 cm³/mol. The molecule has 0 aromatic heterocycles. The molecule has 0 aliphatic carbocycles. The number of piperidine rings is 1. The van der Waals surface area contributed by atoms with Gasteiger partial charge in [0.2, 0.25) is 0 Å². The monoisotopic (exact) mass is 268 g/mol. The minimum atomic E-state index is -4.42. The van der Waals surface area contributed by atoms with Crippen molar-refractivity contribution >= 4 is 0 Å². The fourth-order valence-corrected chi connectivity index (χ4v) is 2.52. The van der Waals surface area contributed by atoms with Crippen molar-refractivity contribution in [3.63, 3.8) is 0 Å². The van der Waals surface area contributed by atoms with Gasteiger partial charge >= 0.3 is 6.18 Å². The molecule has 19 heavy (non-hydrogen) atoms. The van der Waals surface area contributed by atoms with Gasteiger partial charge in [0.25, 0.3) is 0 Å². The molecular formula is C14H15F3N2. The predicted octanol–water partition coefficient (Wildman–Crippen LogP) is 3.76. The Balaban J connectivity index is 2.36. The summed E-state index contributed by atoms with van der Waals surface area (Å²) < 4.78 is 39.0. The number of halogens is 3. The van der Waals surface area contributed by atoms with E-state index in [0.717, 1.165) is 25.3 Å². The number of hydrogen-bond donors (Lipinski definition) is 0. The van der Waals surface area contributed by atoms with E-state index in [4.69, 9.17) is 0 Å². The Hall–Kier alpha value is -1.54. The van der Waals surface area contributed by atoms with Gasteiger partial charge in [0.15, 0.2) is 0 Å². The molecule has 0 saturated carbocycles. The van der Waals surface area contributed by atoms with Crippen LogP contribution in [0.4, 0.5) is 13.2 Å². The quantitative estimate of drug-likeness (QED) is 0.816. The van der Waals surface area contributed by atoms with Gasteiger partial charge in [-0.25, -0.2) is 0 Å². The highest BCUT2D eigenvalue weighted by molar-refractivity contribution is 5.35. The SMILES string of the molecule is N#CC(c1ccccc1C(F)(F)F)N1CCCCC1. The molecule has 1 aromatic rings. The molecule has 1 aliphatic heterocycles. The largest absolute Gasteiger partial charge is 0.416 e. The third-order valence-electron chi connectivity index (χ3n) is 3.44. The van der Waals surface area contributed by atoms with Crippen LogP contribution in [-0.2, 0) is 6.18 Å². The Morgan fingerprint density at radius 2 is 1.74 bits per heavy atom. The lowest BCUT2D eigenvalue weighted by atomic mass is 9.97. The summed E-state index contributed by atoms with van der Waals surface area (Å²) in [6, 6.07) is 6.59. The number of benzene rings is 1. The molecule has 102 valence electrons. The molecule has 0 spiro atoms. The normalized spacial score (nSPS) is 18.8. The molecular weight excluding hydrogens is 253 g/mol. The summed E-state index contributed by atoms with van der Waals surface area (Å²) in [6.45, 7) is 1.37. The van der Waals surface area contributed by atoms with E-state index in [-0.39, 0.29) is 5.56 Å². The van der Waals surface area contributed by atoms with Gasteiger partial charge in [-0.2, -0.15) is 18.4 Å². The minimum Gasteiger partial charge on any atom is -0.284 e. The number of alkyl halides is 3. The van der Waals surface area contributed by atoms with E-state index in [0.29, 0.717) is 13.1 Å². The van der Waals surface area contributed by atoms with Crippen LogP contribution >= 0.6 is 0 Å². The number of hydrogen-bond acceptors (Lipinski definition) is 2. The van der Waals surface area contributed by atoms with Crippen molar-refractivity contribution in [2.45, 2.75) is 31.5 Å². The van der Waals surface area contributed by atoms with Crippen molar-refractivity contribution in [1.82, 2.24) is 4.90 Å². The summed E-state index contributed by atoms with van der Waals surface area (Å²) in [7, 11) is 0. The van der Waals surface area contributed by atoms with Gasteiger partial charge in [-0.1, -0.05) is 24.6 Å². The number of nitrogens with zero attached hydrogens (tertiary/aromatic N) is 2. The second-order valence-electron chi connectivity index (χ2n) is 4.71. The highest BCUT2D eigenvalue weighted by Gasteiger charge is 2.36. The van der Waals surface area contributed by atoms with Crippen LogP contribution in [0.2, 0.25) is 0 Å². The summed E-state index contributed by atoms with van der Waals surface area (Å²) in [4.78, 5) is 1.84. The Bertz CT molecular complexity index is 470. The van der Waals surface area contributed by atoms with Crippen LogP contribution in [0, 0.1) is 11.3 Å². The second-order valence-corrected chi connectivity index (χ2v) is 4.71. The molecule has 1 heterocycles. The minimum absolute atomic E-state index is 0.0689. The van der Waals surface area contributed by atoms with Crippen molar-refractivity contribution in [3.05, 3.63) is 35.4 Å². The van der Waals surface area contributed by atoms with Gasteiger partial charge in [-0.3, -0.25) is 4.90 Å². The van der Waals surface area contributed by atoms with Gasteiger partial charge < -0.3 is 0 Å². The van der Waals surface area contributed by atoms with Crippen LogP contribution in [0.5, 0.6) is 0 Å². The van der Waals surface area contributed by atoms with Crippen molar-refractivity contribution in [2.24, 2.45) is 0 Å². The van der Waals surface area contributed by atoms with Crippen LogP contribution in [0.25, 0.3) is 0 Å². The second kappa shape index (κ2) is 5.62. The van der Waals surface area contributed by atoms with E-state index in [9.17, 15) is 18.4 Å². The number of nitriles is 1. The Kier molecular flexibility index (Phi) is 4.11. The fraction of sp³-hybridized carbons (Fsp3) is 0.500. The zero-order valence-corrected chi connectivity index (χ0v) is 10.5. The van der Waals surface area contributed by atoms with E-state index in [2.05, 4.69) is 0 Å². The molecule has 1 atom stereocenters. The maximum Gasteiger partial charge on any atom is 0.416 e. The molecule has 1 fully saturated rings. The van der Waals surface area contributed by atoms with Crippen molar-refractivity contribution in [3.8, 4) is 6.07 Å². The molecule has 2 nitrogen and oxygen atoms in total. The first kappa shape index (κ1) is 13.9. The highest BCUT2D eigenvalue weighted by atomic mass is 19.4. The first-order valence-electron chi connectivity index (χ1n) is 6.34. The summed E-state index contributed by atoms with van der Waals surface area (Å²) >= 11 is 0. The lowest BCUT2D eigenvalue weighted by Crippen LogP contribution is -2.34. The van der Waals surface area contributed by atoms with Gasteiger partial charge in [-0.05, 0) is 37.6 Å². The van der Waals surface area contributed by atoms with Crippen LogP contribution in [0.1, 0.15) is 36.4 Å². The molecule has 0 bridgehead atoms. The van der Waals surface area contributed by atoms with Crippen LogP contribution in [0.15, 0.2) is 24.3 Å². The maximum atomic E-state index is 13.0. The number of rotatable bonds is 2. The van der Waals surface area contributed by atoms with Crippen molar-refractivity contribution in [2.75, 3.05) is 13.1 Å².